The SMILES string of the molecule is N#CC(C(=O)C1CCCCCC1)c1cccc(Br)c1. The Hall–Kier alpha value is -1.14. The van der Waals surface area contributed by atoms with Gasteiger partial charge < -0.3 is 0 Å². The highest BCUT2D eigenvalue weighted by molar-refractivity contribution is 9.10. The van der Waals surface area contributed by atoms with E-state index in [1.165, 1.54) is 12.8 Å². The highest BCUT2D eigenvalue weighted by Gasteiger charge is 2.28. The van der Waals surface area contributed by atoms with Crippen molar-refractivity contribution in [3.8, 4) is 6.07 Å². The van der Waals surface area contributed by atoms with Crippen molar-refractivity contribution in [1.29, 1.82) is 5.26 Å². The summed E-state index contributed by atoms with van der Waals surface area (Å²) in [5.41, 5.74) is 0.811. The third-order valence-corrected chi connectivity index (χ3v) is 4.35. The van der Waals surface area contributed by atoms with E-state index >= 15 is 0 Å². The van der Waals surface area contributed by atoms with E-state index in [1.807, 2.05) is 24.3 Å². The minimum atomic E-state index is -0.611. The molecule has 100 valence electrons. The summed E-state index contributed by atoms with van der Waals surface area (Å²) < 4.78 is 0.916. The standard InChI is InChI=1S/C16H18BrNO/c17-14-9-5-8-13(10-14)15(11-18)16(19)12-6-3-1-2-4-7-12/h5,8-10,12,15H,1-4,6-7H2. The quantitative estimate of drug-likeness (QED) is 0.764. The first kappa shape index (κ1) is 14.3. The van der Waals surface area contributed by atoms with Gasteiger partial charge in [0, 0.05) is 10.4 Å². The average Bonchev–Trinajstić information content (AvgIpc) is 2.68. The van der Waals surface area contributed by atoms with Gasteiger partial charge in [-0.15, -0.1) is 0 Å². The zero-order valence-corrected chi connectivity index (χ0v) is 12.5. The number of rotatable bonds is 3. The molecule has 0 spiro atoms. The lowest BCUT2D eigenvalue weighted by Crippen LogP contribution is -2.21. The number of carbonyl (C=O) groups is 1. The summed E-state index contributed by atoms with van der Waals surface area (Å²) in [5.74, 6) is -0.422. The lowest BCUT2D eigenvalue weighted by Gasteiger charge is -2.17. The molecule has 1 fully saturated rings. The van der Waals surface area contributed by atoms with E-state index in [2.05, 4.69) is 22.0 Å². The van der Waals surface area contributed by atoms with Crippen LogP contribution >= 0.6 is 15.9 Å². The second kappa shape index (κ2) is 6.86. The molecular formula is C16H18BrNO. The third-order valence-electron chi connectivity index (χ3n) is 3.85. The van der Waals surface area contributed by atoms with E-state index in [9.17, 15) is 10.1 Å². The summed E-state index contributed by atoms with van der Waals surface area (Å²) in [6, 6.07) is 9.73. The molecule has 1 aromatic carbocycles. The Balaban J connectivity index is 2.17. The lowest BCUT2D eigenvalue weighted by atomic mass is 9.84. The van der Waals surface area contributed by atoms with Crippen molar-refractivity contribution in [1.82, 2.24) is 0 Å². The molecule has 0 saturated heterocycles. The molecule has 0 N–H and O–H groups in total. The molecular weight excluding hydrogens is 302 g/mol. The van der Waals surface area contributed by atoms with Crippen LogP contribution in [-0.4, -0.2) is 5.78 Å². The Kier molecular flexibility index (Phi) is 5.15. The first-order valence-corrected chi connectivity index (χ1v) is 7.70. The Morgan fingerprint density at radius 2 is 1.95 bits per heavy atom. The van der Waals surface area contributed by atoms with Crippen molar-refractivity contribution in [2.45, 2.75) is 44.4 Å². The smallest absolute Gasteiger partial charge is 0.157 e. The predicted octanol–water partition coefficient (Wildman–Crippen LogP) is 4.60. The summed E-state index contributed by atoms with van der Waals surface area (Å²) in [7, 11) is 0. The zero-order valence-electron chi connectivity index (χ0n) is 10.9. The van der Waals surface area contributed by atoms with Crippen LogP contribution in [0.15, 0.2) is 28.7 Å². The summed E-state index contributed by atoms with van der Waals surface area (Å²) in [6.45, 7) is 0. The van der Waals surface area contributed by atoms with Gasteiger partial charge in [0.05, 0.1) is 6.07 Å². The van der Waals surface area contributed by atoms with E-state index in [0.29, 0.717) is 0 Å². The molecule has 0 aromatic heterocycles. The number of benzene rings is 1. The summed E-state index contributed by atoms with van der Waals surface area (Å²) >= 11 is 3.40. The van der Waals surface area contributed by atoms with Crippen molar-refractivity contribution in [2.75, 3.05) is 0 Å². The number of Topliss-reactive ketones (excluding diaryl/α,β-unsaturated/α-hetero) is 1. The van der Waals surface area contributed by atoms with Crippen LogP contribution in [0.3, 0.4) is 0 Å². The van der Waals surface area contributed by atoms with Gasteiger partial charge in [-0.05, 0) is 30.5 Å². The zero-order chi connectivity index (χ0) is 13.7. The summed E-state index contributed by atoms with van der Waals surface area (Å²) in [5, 5.41) is 9.36. The fraction of sp³-hybridized carbons (Fsp3) is 0.500. The van der Waals surface area contributed by atoms with Gasteiger partial charge in [-0.25, -0.2) is 0 Å². The molecule has 0 heterocycles. The van der Waals surface area contributed by atoms with Gasteiger partial charge in [0.25, 0.3) is 0 Å². The third kappa shape index (κ3) is 3.67. The van der Waals surface area contributed by atoms with Gasteiger partial charge in [-0.1, -0.05) is 53.7 Å². The fourth-order valence-electron chi connectivity index (χ4n) is 2.79. The molecule has 0 amide bonds. The molecule has 0 bridgehead atoms. The van der Waals surface area contributed by atoms with Crippen molar-refractivity contribution in [3.63, 3.8) is 0 Å². The number of halogens is 1. The van der Waals surface area contributed by atoms with E-state index < -0.39 is 5.92 Å². The van der Waals surface area contributed by atoms with Gasteiger partial charge in [-0.2, -0.15) is 5.26 Å². The maximum absolute atomic E-state index is 12.6. The molecule has 1 saturated carbocycles. The molecule has 2 rings (SSSR count). The van der Waals surface area contributed by atoms with Gasteiger partial charge >= 0.3 is 0 Å². The number of nitriles is 1. The van der Waals surface area contributed by atoms with E-state index in [-0.39, 0.29) is 11.7 Å². The van der Waals surface area contributed by atoms with Crippen LogP contribution in [0, 0.1) is 17.2 Å². The topological polar surface area (TPSA) is 40.9 Å². The average molecular weight is 320 g/mol. The number of hydrogen-bond acceptors (Lipinski definition) is 2. The number of nitrogens with zero attached hydrogens (tertiary/aromatic N) is 1. The molecule has 1 atom stereocenters. The van der Waals surface area contributed by atoms with Crippen LogP contribution in [0.25, 0.3) is 0 Å². The Morgan fingerprint density at radius 3 is 2.53 bits per heavy atom. The van der Waals surface area contributed by atoms with Crippen LogP contribution < -0.4 is 0 Å². The van der Waals surface area contributed by atoms with Crippen LogP contribution in [0.1, 0.15) is 50.0 Å². The van der Waals surface area contributed by atoms with Crippen LogP contribution in [0.4, 0.5) is 0 Å². The minimum Gasteiger partial charge on any atom is -0.298 e. The van der Waals surface area contributed by atoms with Gasteiger partial charge in [0.1, 0.15) is 5.92 Å². The van der Waals surface area contributed by atoms with Crippen LogP contribution in [-0.2, 0) is 4.79 Å². The monoisotopic (exact) mass is 319 g/mol. The van der Waals surface area contributed by atoms with Crippen molar-refractivity contribution < 1.29 is 4.79 Å². The van der Waals surface area contributed by atoms with Gasteiger partial charge in [0.15, 0.2) is 5.78 Å². The number of ketones is 1. The molecule has 19 heavy (non-hydrogen) atoms. The maximum Gasteiger partial charge on any atom is 0.157 e. The molecule has 2 nitrogen and oxygen atoms in total. The molecule has 1 aliphatic rings. The normalized spacial score (nSPS) is 18.3. The van der Waals surface area contributed by atoms with Gasteiger partial charge in [-0.3, -0.25) is 4.79 Å². The fourth-order valence-corrected chi connectivity index (χ4v) is 3.21. The summed E-state index contributed by atoms with van der Waals surface area (Å²) in [6.07, 6.45) is 6.58. The highest BCUT2D eigenvalue weighted by Crippen LogP contribution is 2.30. The lowest BCUT2D eigenvalue weighted by molar-refractivity contribution is -0.123. The molecule has 1 aliphatic carbocycles. The highest BCUT2D eigenvalue weighted by atomic mass is 79.9. The second-order valence-corrected chi connectivity index (χ2v) is 6.12. The number of carbonyl (C=O) groups excluding carboxylic acids is 1. The van der Waals surface area contributed by atoms with E-state index in [1.54, 1.807) is 0 Å². The Bertz CT molecular complexity index is 484. The molecule has 1 unspecified atom stereocenters. The maximum atomic E-state index is 12.6. The minimum absolute atomic E-state index is 0.0751. The van der Waals surface area contributed by atoms with Crippen molar-refractivity contribution in [2.24, 2.45) is 5.92 Å². The first-order valence-electron chi connectivity index (χ1n) is 6.91. The molecule has 3 heteroatoms. The second-order valence-electron chi connectivity index (χ2n) is 5.21. The molecule has 0 aliphatic heterocycles. The van der Waals surface area contributed by atoms with Crippen molar-refractivity contribution in [3.05, 3.63) is 34.3 Å². The van der Waals surface area contributed by atoms with Crippen molar-refractivity contribution >= 4 is 21.7 Å². The molecule has 1 aromatic rings. The Morgan fingerprint density at radius 1 is 1.26 bits per heavy atom. The first-order chi connectivity index (χ1) is 9.22. The Labute approximate surface area is 122 Å². The van der Waals surface area contributed by atoms with E-state index in [0.717, 1.165) is 35.7 Å². The van der Waals surface area contributed by atoms with E-state index in [4.69, 9.17) is 0 Å². The number of hydrogen-bond donors (Lipinski definition) is 0. The van der Waals surface area contributed by atoms with Crippen LogP contribution in [0.5, 0.6) is 0 Å². The molecule has 0 radical (unpaired) electrons. The van der Waals surface area contributed by atoms with Gasteiger partial charge in [0.2, 0.25) is 0 Å². The van der Waals surface area contributed by atoms with Crippen LogP contribution in [0.2, 0.25) is 0 Å². The largest absolute Gasteiger partial charge is 0.298 e. The summed E-state index contributed by atoms with van der Waals surface area (Å²) in [4.78, 5) is 12.6. The predicted molar refractivity (Wildman–Crippen MR) is 78.7 cm³/mol.